The molecule has 0 fully saturated rings. The highest BCUT2D eigenvalue weighted by molar-refractivity contribution is 7.99. The van der Waals surface area contributed by atoms with Gasteiger partial charge in [0.15, 0.2) is 0 Å². The van der Waals surface area contributed by atoms with Crippen LogP contribution in [0, 0.1) is 11.6 Å². The Morgan fingerprint density at radius 2 is 2.05 bits per heavy atom. The lowest BCUT2D eigenvalue weighted by Crippen LogP contribution is -2.34. The van der Waals surface area contributed by atoms with E-state index in [2.05, 4.69) is 17.4 Å². The van der Waals surface area contributed by atoms with E-state index >= 15 is 0 Å². The molecule has 0 saturated carbocycles. The third-order valence-electron chi connectivity index (χ3n) is 4.04. The molecular formula is C17H17F2NS. The maximum Gasteiger partial charge on any atom is 0.126 e. The van der Waals surface area contributed by atoms with Crippen molar-refractivity contribution in [3.05, 3.63) is 65.2 Å². The van der Waals surface area contributed by atoms with Gasteiger partial charge in [0.1, 0.15) is 11.6 Å². The molecule has 0 aliphatic carbocycles. The molecule has 2 atom stereocenters. The molecule has 0 radical (unpaired) electrons. The lowest BCUT2D eigenvalue weighted by Gasteiger charge is -2.24. The zero-order valence-corrected chi connectivity index (χ0v) is 12.6. The molecule has 1 nitrogen and oxygen atoms in total. The van der Waals surface area contributed by atoms with Crippen molar-refractivity contribution in [2.24, 2.45) is 0 Å². The van der Waals surface area contributed by atoms with Crippen LogP contribution in [0.3, 0.4) is 0 Å². The molecule has 0 spiro atoms. The Bertz CT molecular complexity index is 644. The van der Waals surface area contributed by atoms with Crippen LogP contribution < -0.4 is 5.32 Å². The van der Waals surface area contributed by atoms with Crippen LogP contribution in [-0.4, -0.2) is 18.8 Å². The largest absolute Gasteiger partial charge is 0.316 e. The number of nitrogens with one attached hydrogen (secondary N) is 1. The number of halogens is 2. The first-order valence-corrected chi connectivity index (χ1v) is 8.00. The average molecular weight is 305 g/mol. The molecule has 1 heterocycles. The van der Waals surface area contributed by atoms with Gasteiger partial charge in [0, 0.05) is 22.6 Å². The fourth-order valence-electron chi connectivity index (χ4n) is 2.90. The van der Waals surface area contributed by atoms with Gasteiger partial charge in [-0.2, -0.15) is 0 Å². The summed E-state index contributed by atoms with van der Waals surface area (Å²) in [4.78, 5) is 1.29. The summed E-state index contributed by atoms with van der Waals surface area (Å²) in [6.07, 6.45) is 0.486. The van der Waals surface area contributed by atoms with E-state index in [1.165, 1.54) is 22.6 Å². The number of hydrogen-bond donors (Lipinski definition) is 1. The third kappa shape index (κ3) is 2.97. The maximum absolute atomic E-state index is 13.8. The molecule has 110 valence electrons. The summed E-state index contributed by atoms with van der Waals surface area (Å²) < 4.78 is 27.2. The number of thioether (sulfide) groups is 1. The van der Waals surface area contributed by atoms with Crippen molar-refractivity contribution in [2.45, 2.75) is 23.3 Å². The minimum atomic E-state index is -0.387. The van der Waals surface area contributed by atoms with E-state index in [1.807, 2.05) is 30.9 Å². The van der Waals surface area contributed by atoms with Crippen molar-refractivity contribution in [2.75, 3.05) is 12.8 Å². The molecule has 1 aliphatic heterocycles. The van der Waals surface area contributed by atoms with Gasteiger partial charge in [-0.25, -0.2) is 8.78 Å². The molecule has 3 rings (SSSR count). The van der Waals surface area contributed by atoms with Crippen LogP contribution in [0.4, 0.5) is 8.78 Å². The summed E-state index contributed by atoms with van der Waals surface area (Å²) in [6, 6.07) is 12.1. The molecule has 2 aromatic carbocycles. The Morgan fingerprint density at radius 1 is 1.24 bits per heavy atom. The summed E-state index contributed by atoms with van der Waals surface area (Å²) in [6.45, 7) is 0. The van der Waals surface area contributed by atoms with Crippen LogP contribution in [0.1, 0.15) is 17.0 Å². The minimum Gasteiger partial charge on any atom is -0.316 e. The fourth-order valence-corrected chi connectivity index (χ4v) is 4.23. The highest BCUT2D eigenvalue weighted by Gasteiger charge is 2.29. The molecule has 0 bridgehead atoms. The molecule has 1 N–H and O–H groups in total. The molecule has 21 heavy (non-hydrogen) atoms. The highest BCUT2D eigenvalue weighted by atomic mass is 32.2. The lowest BCUT2D eigenvalue weighted by atomic mass is 9.89. The van der Waals surface area contributed by atoms with Crippen LogP contribution in [-0.2, 0) is 6.42 Å². The fraction of sp³-hybridized carbons (Fsp3) is 0.294. The van der Waals surface area contributed by atoms with Gasteiger partial charge >= 0.3 is 0 Å². The van der Waals surface area contributed by atoms with Crippen molar-refractivity contribution < 1.29 is 8.78 Å². The van der Waals surface area contributed by atoms with Gasteiger partial charge in [-0.15, -0.1) is 11.8 Å². The van der Waals surface area contributed by atoms with Crippen molar-refractivity contribution >= 4 is 11.8 Å². The van der Waals surface area contributed by atoms with Crippen LogP contribution in [0.2, 0.25) is 0 Å². The molecule has 4 heteroatoms. The van der Waals surface area contributed by atoms with E-state index in [1.54, 1.807) is 0 Å². The quantitative estimate of drug-likeness (QED) is 0.917. The monoisotopic (exact) mass is 305 g/mol. The first kappa shape index (κ1) is 14.5. The normalized spacial score (nSPS) is 18.5. The maximum atomic E-state index is 13.8. The van der Waals surface area contributed by atoms with Crippen molar-refractivity contribution in [1.29, 1.82) is 0 Å². The summed E-state index contributed by atoms with van der Waals surface area (Å²) >= 11 is 1.83. The number of rotatable bonds is 4. The summed E-state index contributed by atoms with van der Waals surface area (Å²) in [5.41, 5.74) is 1.74. The Kier molecular flexibility index (Phi) is 4.27. The topological polar surface area (TPSA) is 12.0 Å². The second-order valence-electron chi connectivity index (χ2n) is 5.29. The smallest absolute Gasteiger partial charge is 0.126 e. The first-order valence-electron chi connectivity index (χ1n) is 7.02. The minimum absolute atomic E-state index is 0.0949. The Balaban J connectivity index is 1.85. The van der Waals surface area contributed by atoms with Crippen LogP contribution >= 0.6 is 11.8 Å². The summed E-state index contributed by atoms with van der Waals surface area (Å²) in [5.74, 6) is 0.568. The van der Waals surface area contributed by atoms with Crippen LogP contribution in [0.5, 0.6) is 0 Å². The zero-order chi connectivity index (χ0) is 14.8. The number of fused-ring (bicyclic) bond motifs is 1. The second kappa shape index (κ2) is 6.16. The Labute approximate surface area is 127 Å². The van der Waals surface area contributed by atoms with Crippen LogP contribution in [0.25, 0.3) is 0 Å². The van der Waals surface area contributed by atoms with E-state index in [-0.39, 0.29) is 17.7 Å². The van der Waals surface area contributed by atoms with E-state index in [0.717, 1.165) is 11.8 Å². The molecule has 2 aromatic rings. The predicted octanol–water partition coefficient (Wildman–Crippen LogP) is 3.98. The molecule has 0 saturated heterocycles. The van der Waals surface area contributed by atoms with Crippen molar-refractivity contribution in [3.8, 4) is 0 Å². The van der Waals surface area contributed by atoms with Crippen LogP contribution in [0.15, 0.2) is 47.4 Å². The molecule has 2 unspecified atom stereocenters. The van der Waals surface area contributed by atoms with Gasteiger partial charge in [-0.3, -0.25) is 0 Å². The molecule has 0 amide bonds. The summed E-state index contributed by atoms with van der Waals surface area (Å²) in [5, 5.41) is 3.28. The molecule has 1 aliphatic rings. The first-order chi connectivity index (χ1) is 10.2. The van der Waals surface area contributed by atoms with Gasteiger partial charge in [-0.05, 0) is 48.9 Å². The van der Waals surface area contributed by atoms with Gasteiger partial charge in [0.05, 0.1) is 0 Å². The van der Waals surface area contributed by atoms with E-state index < -0.39 is 0 Å². The van der Waals surface area contributed by atoms with Crippen molar-refractivity contribution in [3.63, 3.8) is 0 Å². The Hall–Kier alpha value is -1.39. The number of likely N-dealkylation sites (N-methyl/N-ethyl adjacent to an activating group) is 1. The third-order valence-corrected chi connectivity index (χ3v) is 5.25. The van der Waals surface area contributed by atoms with E-state index in [4.69, 9.17) is 0 Å². The number of hydrogen-bond acceptors (Lipinski definition) is 2. The van der Waals surface area contributed by atoms with Crippen molar-refractivity contribution in [1.82, 2.24) is 5.32 Å². The van der Waals surface area contributed by atoms with Gasteiger partial charge in [0.25, 0.3) is 0 Å². The molecule has 0 aromatic heterocycles. The molecular weight excluding hydrogens is 288 g/mol. The highest BCUT2D eigenvalue weighted by Crippen LogP contribution is 2.41. The second-order valence-corrected chi connectivity index (χ2v) is 6.35. The summed E-state index contributed by atoms with van der Waals surface area (Å²) in [7, 11) is 1.88. The van der Waals surface area contributed by atoms with Gasteiger partial charge in [-0.1, -0.05) is 18.2 Å². The van der Waals surface area contributed by atoms with E-state index in [0.29, 0.717) is 17.9 Å². The lowest BCUT2D eigenvalue weighted by molar-refractivity contribution is 0.475. The van der Waals surface area contributed by atoms with Gasteiger partial charge in [0.2, 0.25) is 0 Å². The van der Waals surface area contributed by atoms with Gasteiger partial charge < -0.3 is 5.32 Å². The Morgan fingerprint density at radius 3 is 2.86 bits per heavy atom. The number of benzene rings is 2. The average Bonchev–Trinajstić information content (AvgIpc) is 2.92. The predicted molar refractivity (Wildman–Crippen MR) is 82.8 cm³/mol. The standard InChI is InChI=1S/C17H17F2NS/c1-20-16(9-11-8-12(18)6-7-15(11)19)14-10-21-17-5-3-2-4-13(14)17/h2-8,14,16,20H,9-10H2,1H3. The SMILES string of the molecule is CNC(Cc1cc(F)ccc1F)C1CSc2ccccc21. The van der Waals surface area contributed by atoms with E-state index in [9.17, 15) is 8.78 Å². The zero-order valence-electron chi connectivity index (χ0n) is 11.8.